The average Bonchev–Trinajstić information content (AvgIpc) is 1.92. The molecule has 0 aromatic rings. The molecule has 0 amide bonds. The summed E-state index contributed by atoms with van der Waals surface area (Å²) in [5, 5.41) is 9.01. The van der Waals surface area contributed by atoms with E-state index in [0.717, 1.165) is 12.2 Å². The Kier molecular flexibility index (Phi) is 2.17. The molecule has 0 bridgehead atoms. The minimum absolute atomic E-state index is 0.0167. The number of allylic oxidation sites excluding steroid dienone is 4. The number of halogens is 3. The molecule has 0 saturated carbocycles. The molecule has 1 unspecified atom stereocenters. The summed E-state index contributed by atoms with van der Waals surface area (Å²) in [6.07, 6.45) is -2.36. The summed E-state index contributed by atoms with van der Waals surface area (Å²) in [6, 6.07) is 0. The van der Waals surface area contributed by atoms with Crippen molar-refractivity contribution in [2.24, 2.45) is 5.92 Å². The number of hydrogen-bond acceptors (Lipinski definition) is 1. The third-order valence-corrected chi connectivity index (χ3v) is 1.85. The quantitative estimate of drug-likeness (QED) is 0.604. The molecule has 1 rings (SSSR count). The topological polar surface area (TPSA) is 20.2 Å². The molecule has 0 fully saturated rings. The van der Waals surface area contributed by atoms with E-state index in [2.05, 4.69) is 0 Å². The fraction of sp³-hybridized carbons (Fsp3) is 0.500. The summed E-state index contributed by atoms with van der Waals surface area (Å²) < 4.78 is 36.2. The molecule has 1 nitrogen and oxygen atoms in total. The Bertz CT molecular complexity index is 237. The maximum atomic E-state index is 12.1. The van der Waals surface area contributed by atoms with E-state index in [1.165, 1.54) is 0 Å². The third-order valence-electron chi connectivity index (χ3n) is 1.85. The van der Waals surface area contributed by atoms with E-state index in [-0.39, 0.29) is 12.2 Å². The Balaban J connectivity index is 2.84. The Labute approximate surface area is 68.2 Å². The van der Waals surface area contributed by atoms with Crippen LogP contribution in [0, 0.1) is 5.92 Å². The average molecular weight is 178 g/mol. The van der Waals surface area contributed by atoms with Gasteiger partial charge in [0.25, 0.3) is 0 Å². The van der Waals surface area contributed by atoms with Crippen LogP contribution < -0.4 is 0 Å². The van der Waals surface area contributed by atoms with Crippen molar-refractivity contribution in [1.29, 1.82) is 0 Å². The molecule has 1 N–H and O–H groups in total. The molecule has 1 aliphatic rings. The molecule has 1 atom stereocenters. The highest BCUT2D eigenvalue weighted by molar-refractivity contribution is 5.25. The normalized spacial score (nSPS) is 24.8. The standard InChI is InChI=1S/C8H9F3O/c1-5-4-6(8(9,10)11)2-3-7(5)12/h2-3,5,12H,4H2,1H3. The number of alkyl halides is 3. The second kappa shape index (κ2) is 2.84. The lowest BCUT2D eigenvalue weighted by Crippen LogP contribution is -2.17. The Morgan fingerprint density at radius 1 is 1.42 bits per heavy atom. The molecule has 0 heterocycles. The first kappa shape index (κ1) is 9.16. The zero-order chi connectivity index (χ0) is 9.35. The first-order valence-corrected chi connectivity index (χ1v) is 3.58. The van der Waals surface area contributed by atoms with Gasteiger partial charge in [0.15, 0.2) is 0 Å². The highest BCUT2D eigenvalue weighted by atomic mass is 19.4. The van der Waals surface area contributed by atoms with Gasteiger partial charge in [-0.15, -0.1) is 0 Å². The molecule has 0 saturated heterocycles. The van der Waals surface area contributed by atoms with Crippen molar-refractivity contribution in [3.63, 3.8) is 0 Å². The van der Waals surface area contributed by atoms with Crippen molar-refractivity contribution in [3.8, 4) is 0 Å². The lowest BCUT2D eigenvalue weighted by Gasteiger charge is -2.19. The smallest absolute Gasteiger partial charge is 0.412 e. The minimum atomic E-state index is -4.26. The Hall–Kier alpha value is -0.930. The van der Waals surface area contributed by atoms with Crippen molar-refractivity contribution in [1.82, 2.24) is 0 Å². The molecule has 1 aliphatic carbocycles. The van der Waals surface area contributed by atoms with E-state index in [1.54, 1.807) is 6.92 Å². The monoisotopic (exact) mass is 178 g/mol. The molecule has 0 aromatic carbocycles. The SMILES string of the molecule is CC1CC(C(F)(F)F)=CC=C1O. The second-order valence-corrected chi connectivity index (χ2v) is 2.89. The van der Waals surface area contributed by atoms with Crippen LogP contribution in [0.3, 0.4) is 0 Å². The predicted octanol–water partition coefficient (Wildman–Crippen LogP) is 2.96. The van der Waals surface area contributed by atoms with E-state index in [0.29, 0.717) is 0 Å². The lowest BCUT2D eigenvalue weighted by molar-refractivity contribution is -0.0954. The van der Waals surface area contributed by atoms with E-state index in [4.69, 9.17) is 5.11 Å². The molecule has 0 aliphatic heterocycles. The maximum Gasteiger partial charge on any atom is 0.412 e. The summed E-state index contributed by atoms with van der Waals surface area (Å²) >= 11 is 0. The Morgan fingerprint density at radius 2 is 2.00 bits per heavy atom. The zero-order valence-corrected chi connectivity index (χ0v) is 6.52. The highest BCUT2D eigenvalue weighted by Crippen LogP contribution is 2.34. The van der Waals surface area contributed by atoms with Gasteiger partial charge in [-0.2, -0.15) is 13.2 Å². The molecule has 0 radical (unpaired) electrons. The van der Waals surface area contributed by atoms with Crippen molar-refractivity contribution in [2.45, 2.75) is 19.5 Å². The van der Waals surface area contributed by atoms with Gasteiger partial charge in [-0.05, 0) is 12.5 Å². The largest absolute Gasteiger partial charge is 0.512 e. The van der Waals surface area contributed by atoms with Crippen LogP contribution in [0.4, 0.5) is 13.2 Å². The fourth-order valence-electron chi connectivity index (χ4n) is 1.06. The number of aliphatic hydroxyl groups excluding tert-OH is 1. The van der Waals surface area contributed by atoms with Gasteiger partial charge in [0.05, 0.1) is 5.76 Å². The lowest BCUT2D eigenvalue weighted by atomic mass is 9.94. The summed E-state index contributed by atoms with van der Waals surface area (Å²) in [7, 11) is 0. The Morgan fingerprint density at radius 3 is 2.42 bits per heavy atom. The van der Waals surface area contributed by atoms with Gasteiger partial charge < -0.3 is 5.11 Å². The summed E-state index contributed by atoms with van der Waals surface area (Å²) in [4.78, 5) is 0. The van der Waals surface area contributed by atoms with Gasteiger partial charge in [-0.25, -0.2) is 0 Å². The van der Waals surface area contributed by atoms with Crippen molar-refractivity contribution >= 4 is 0 Å². The second-order valence-electron chi connectivity index (χ2n) is 2.89. The van der Waals surface area contributed by atoms with Crippen LogP contribution in [-0.2, 0) is 0 Å². The third kappa shape index (κ3) is 1.81. The van der Waals surface area contributed by atoms with Crippen LogP contribution in [-0.4, -0.2) is 11.3 Å². The van der Waals surface area contributed by atoms with Crippen LogP contribution >= 0.6 is 0 Å². The highest BCUT2D eigenvalue weighted by Gasteiger charge is 2.35. The summed E-state index contributed by atoms with van der Waals surface area (Å²) in [6.45, 7) is 1.56. The fourth-order valence-corrected chi connectivity index (χ4v) is 1.06. The minimum Gasteiger partial charge on any atom is -0.512 e. The zero-order valence-electron chi connectivity index (χ0n) is 6.52. The van der Waals surface area contributed by atoms with Crippen LogP contribution in [0.1, 0.15) is 13.3 Å². The number of aliphatic hydroxyl groups is 1. The van der Waals surface area contributed by atoms with Gasteiger partial charge >= 0.3 is 6.18 Å². The number of rotatable bonds is 0. The van der Waals surface area contributed by atoms with Gasteiger partial charge in [-0.3, -0.25) is 0 Å². The summed E-state index contributed by atoms with van der Waals surface area (Å²) in [5.41, 5.74) is -0.576. The molecule has 4 heteroatoms. The van der Waals surface area contributed by atoms with Crippen LogP contribution in [0.25, 0.3) is 0 Å². The van der Waals surface area contributed by atoms with Crippen molar-refractivity contribution in [3.05, 3.63) is 23.5 Å². The maximum absolute atomic E-state index is 12.1. The number of hydrogen-bond donors (Lipinski definition) is 1. The molecule has 0 spiro atoms. The van der Waals surface area contributed by atoms with Crippen LogP contribution in [0.15, 0.2) is 23.5 Å². The molecule has 68 valence electrons. The van der Waals surface area contributed by atoms with E-state index >= 15 is 0 Å². The van der Waals surface area contributed by atoms with E-state index < -0.39 is 17.7 Å². The molecule has 0 aromatic heterocycles. The van der Waals surface area contributed by atoms with Crippen LogP contribution in [0.2, 0.25) is 0 Å². The molecular weight excluding hydrogens is 169 g/mol. The van der Waals surface area contributed by atoms with E-state index in [1.807, 2.05) is 0 Å². The van der Waals surface area contributed by atoms with Crippen molar-refractivity contribution < 1.29 is 18.3 Å². The molecular formula is C8H9F3O. The van der Waals surface area contributed by atoms with E-state index in [9.17, 15) is 13.2 Å². The summed E-state index contributed by atoms with van der Waals surface area (Å²) in [5.74, 6) is -0.408. The van der Waals surface area contributed by atoms with Gasteiger partial charge in [-0.1, -0.05) is 13.0 Å². The predicted molar refractivity (Wildman–Crippen MR) is 38.6 cm³/mol. The van der Waals surface area contributed by atoms with Gasteiger partial charge in [0.2, 0.25) is 0 Å². The molecule has 12 heavy (non-hydrogen) atoms. The van der Waals surface area contributed by atoms with Gasteiger partial charge in [0.1, 0.15) is 0 Å². The van der Waals surface area contributed by atoms with Crippen LogP contribution in [0.5, 0.6) is 0 Å². The first-order chi connectivity index (χ1) is 5.41. The van der Waals surface area contributed by atoms with Gasteiger partial charge in [0, 0.05) is 11.5 Å². The first-order valence-electron chi connectivity index (χ1n) is 3.58. The van der Waals surface area contributed by atoms with Crippen molar-refractivity contribution in [2.75, 3.05) is 0 Å².